The third-order valence-corrected chi connectivity index (χ3v) is 5.98. The maximum absolute atomic E-state index is 10.7. The summed E-state index contributed by atoms with van der Waals surface area (Å²) in [5.41, 5.74) is 0. The Morgan fingerprint density at radius 3 is 1.52 bits per heavy atom. The molecule has 8 N–H and O–H groups in total. The van der Waals surface area contributed by atoms with E-state index in [4.69, 9.17) is 23.7 Å². The van der Waals surface area contributed by atoms with Gasteiger partial charge in [-0.15, -0.1) is 0 Å². The van der Waals surface area contributed by atoms with E-state index in [1.807, 2.05) is 0 Å². The molecule has 0 amide bonds. The van der Waals surface area contributed by atoms with Gasteiger partial charge in [0.05, 0.1) is 18.3 Å². The Morgan fingerprint density at radius 2 is 0.903 bits per heavy atom. The van der Waals surface area contributed by atoms with E-state index < -0.39 is 92.1 Å². The number of aliphatic hydroxyl groups is 8. The lowest BCUT2D eigenvalue weighted by molar-refractivity contribution is -0.377. The first-order valence-corrected chi connectivity index (χ1v) is 10.2. The second-order valence-electron chi connectivity index (χ2n) is 8.29. The molecular formula is C18H32O13. The molecule has 15 atom stereocenters. The van der Waals surface area contributed by atoms with Crippen LogP contribution in [0.3, 0.4) is 0 Å². The summed E-state index contributed by atoms with van der Waals surface area (Å²) in [5, 5.41) is 81.3. The van der Waals surface area contributed by atoms with E-state index in [0.29, 0.717) is 0 Å². The number of aliphatic hydroxyl groups excluding tert-OH is 8. The van der Waals surface area contributed by atoms with Crippen LogP contribution in [0.2, 0.25) is 0 Å². The smallest absolute Gasteiger partial charge is 0.187 e. The van der Waals surface area contributed by atoms with Crippen molar-refractivity contribution in [2.24, 2.45) is 0 Å². The van der Waals surface area contributed by atoms with Gasteiger partial charge >= 0.3 is 0 Å². The van der Waals surface area contributed by atoms with Gasteiger partial charge in [0.1, 0.15) is 54.9 Å². The van der Waals surface area contributed by atoms with Crippen LogP contribution in [0.1, 0.15) is 20.8 Å². The fraction of sp³-hybridized carbons (Fsp3) is 1.00. The zero-order valence-electron chi connectivity index (χ0n) is 17.3. The highest BCUT2D eigenvalue weighted by molar-refractivity contribution is 4.94. The molecule has 3 rings (SSSR count). The summed E-state index contributed by atoms with van der Waals surface area (Å²) >= 11 is 0. The summed E-state index contributed by atoms with van der Waals surface area (Å²) in [6.07, 6.45) is -21.0. The summed E-state index contributed by atoms with van der Waals surface area (Å²) in [6, 6.07) is 0. The third kappa shape index (κ3) is 4.89. The van der Waals surface area contributed by atoms with Gasteiger partial charge in [0.2, 0.25) is 0 Å². The molecule has 182 valence electrons. The van der Waals surface area contributed by atoms with Crippen LogP contribution in [0.25, 0.3) is 0 Å². The summed E-state index contributed by atoms with van der Waals surface area (Å²) < 4.78 is 26.9. The Bertz CT molecular complexity index is 595. The molecule has 0 aromatic heterocycles. The van der Waals surface area contributed by atoms with Gasteiger partial charge in [-0.2, -0.15) is 0 Å². The predicted octanol–water partition coefficient (Wildman–Crippen LogP) is -4.49. The van der Waals surface area contributed by atoms with Crippen molar-refractivity contribution in [3.8, 4) is 0 Å². The Kier molecular flexibility index (Phi) is 7.91. The maximum Gasteiger partial charge on any atom is 0.187 e. The molecule has 0 spiro atoms. The molecule has 0 radical (unpaired) electrons. The van der Waals surface area contributed by atoms with Crippen LogP contribution in [0, 0.1) is 0 Å². The topological polar surface area (TPSA) is 208 Å². The SMILES string of the molecule is C[C@@H]1O[C@@H](O)[C@H](O[C@@H]2O[C@@H](C)[C@@H](O)[C@@H](O[C@@H]3O[C@@H](C)[C@@H](O)[C@@H](O)[C@H]3O)[C@H]2O)[C@H](O)[C@H]1O. The molecule has 3 heterocycles. The average Bonchev–Trinajstić information content (AvgIpc) is 2.72. The van der Waals surface area contributed by atoms with Crippen LogP contribution in [-0.2, 0) is 23.7 Å². The van der Waals surface area contributed by atoms with Gasteiger partial charge in [-0.05, 0) is 20.8 Å². The van der Waals surface area contributed by atoms with Crippen LogP contribution in [0.15, 0.2) is 0 Å². The Hall–Kier alpha value is -0.520. The number of rotatable bonds is 4. The average molecular weight is 456 g/mol. The van der Waals surface area contributed by atoms with Crippen LogP contribution >= 0.6 is 0 Å². The van der Waals surface area contributed by atoms with Crippen LogP contribution in [0.5, 0.6) is 0 Å². The molecule has 3 aliphatic rings. The van der Waals surface area contributed by atoms with E-state index >= 15 is 0 Å². The van der Waals surface area contributed by atoms with Crippen LogP contribution in [-0.4, -0.2) is 133 Å². The molecule has 3 aliphatic heterocycles. The second-order valence-corrected chi connectivity index (χ2v) is 8.29. The minimum absolute atomic E-state index is 0.868. The molecule has 13 heteroatoms. The highest BCUT2D eigenvalue weighted by Gasteiger charge is 2.52. The van der Waals surface area contributed by atoms with Crippen molar-refractivity contribution >= 4 is 0 Å². The van der Waals surface area contributed by atoms with Crippen molar-refractivity contribution in [3.63, 3.8) is 0 Å². The number of ether oxygens (including phenoxy) is 5. The normalized spacial score (nSPS) is 56.4. The van der Waals surface area contributed by atoms with Gasteiger partial charge in [0.25, 0.3) is 0 Å². The molecule has 0 aromatic rings. The maximum atomic E-state index is 10.7. The first-order chi connectivity index (χ1) is 14.4. The summed E-state index contributed by atoms with van der Waals surface area (Å²) in [4.78, 5) is 0. The summed E-state index contributed by atoms with van der Waals surface area (Å²) in [5.74, 6) is 0. The van der Waals surface area contributed by atoms with E-state index in [2.05, 4.69) is 0 Å². The van der Waals surface area contributed by atoms with Crippen molar-refractivity contribution in [2.45, 2.75) is 113 Å². The molecule has 0 bridgehead atoms. The minimum Gasteiger partial charge on any atom is -0.388 e. The number of hydrogen-bond donors (Lipinski definition) is 8. The first-order valence-electron chi connectivity index (χ1n) is 10.2. The third-order valence-electron chi connectivity index (χ3n) is 5.98. The Labute approximate surface area is 178 Å². The van der Waals surface area contributed by atoms with E-state index in [1.54, 1.807) is 0 Å². The Balaban J connectivity index is 1.72. The lowest BCUT2D eigenvalue weighted by atomic mass is 9.97. The van der Waals surface area contributed by atoms with E-state index in [1.165, 1.54) is 20.8 Å². The predicted molar refractivity (Wildman–Crippen MR) is 97.0 cm³/mol. The van der Waals surface area contributed by atoms with Gasteiger partial charge in [-0.3, -0.25) is 0 Å². The zero-order chi connectivity index (χ0) is 23.2. The molecule has 31 heavy (non-hydrogen) atoms. The monoisotopic (exact) mass is 456 g/mol. The van der Waals surface area contributed by atoms with Crippen molar-refractivity contribution in [3.05, 3.63) is 0 Å². The molecule has 0 saturated carbocycles. The summed E-state index contributed by atoms with van der Waals surface area (Å²) in [6.45, 7) is 4.34. The zero-order valence-corrected chi connectivity index (χ0v) is 17.3. The summed E-state index contributed by atoms with van der Waals surface area (Å²) in [7, 11) is 0. The van der Waals surface area contributed by atoms with Gasteiger partial charge in [-0.1, -0.05) is 0 Å². The fourth-order valence-electron chi connectivity index (χ4n) is 3.87. The second kappa shape index (κ2) is 9.77. The minimum atomic E-state index is -1.70. The van der Waals surface area contributed by atoms with Gasteiger partial charge in [-0.25, -0.2) is 0 Å². The molecule has 0 aromatic carbocycles. The molecule has 0 aliphatic carbocycles. The van der Waals surface area contributed by atoms with Gasteiger partial charge in [0, 0.05) is 0 Å². The van der Waals surface area contributed by atoms with Crippen LogP contribution < -0.4 is 0 Å². The molecule has 0 unspecified atom stereocenters. The van der Waals surface area contributed by atoms with Crippen molar-refractivity contribution in [1.29, 1.82) is 0 Å². The van der Waals surface area contributed by atoms with E-state index in [0.717, 1.165) is 0 Å². The fourth-order valence-corrected chi connectivity index (χ4v) is 3.87. The largest absolute Gasteiger partial charge is 0.388 e. The van der Waals surface area contributed by atoms with E-state index in [-0.39, 0.29) is 0 Å². The molecule has 13 nitrogen and oxygen atoms in total. The van der Waals surface area contributed by atoms with Crippen molar-refractivity contribution in [1.82, 2.24) is 0 Å². The lowest BCUT2D eigenvalue weighted by Gasteiger charge is -2.47. The van der Waals surface area contributed by atoms with Gasteiger partial charge < -0.3 is 64.5 Å². The highest BCUT2D eigenvalue weighted by atomic mass is 16.7. The molecule has 3 saturated heterocycles. The highest BCUT2D eigenvalue weighted by Crippen LogP contribution is 2.31. The molecule has 3 fully saturated rings. The first kappa shape index (κ1) is 25.1. The van der Waals surface area contributed by atoms with Gasteiger partial charge in [0.15, 0.2) is 18.9 Å². The van der Waals surface area contributed by atoms with Crippen molar-refractivity contribution < 1.29 is 64.5 Å². The quantitative estimate of drug-likeness (QED) is 0.201. The molecular weight excluding hydrogens is 424 g/mol. The standard InChI is InChI=1S/C18H32O13/c1-4-8(20)11(23)15(16(26)27-4)31-18-13(25)14(9(21)6(3)29-18)30-17-12(24)10(22)7(19)5(2)28-17/h4-26H,1-3H3/t4-,5-,6-,7+,8-,9+,10+,11+,12+,13+,14+,15+,16+,17-,18-/m0/s1. The Morgan fingerprint density at radius 1 is 0.452 bits per heavy atom. The number of hydrogen-bond acceptors (Lipinski definition) is 13. The van der Waals surface area contributed by atoms with E-state index in [9.17, 15) is 40.9 Å². The van der Waals surface area contributed by atoms with Crippen molar-refractivity contribution in [2.75, 3.05) is 0 Å². The lowest BCUT2D eigenvalue weighted by Crippen LogP contribution is -2.65. The van der Waals surface area contributed by atoms with Crippen LogP contribution in [0.4, 0.5) is 0 Å².